The molecule has 1 aliphatic rings. The van der Waals surface area contributed by atoms with Gasteiger partial charge in [0.25, 0.3) is 0 Å². The quantitative estimate of drug-likeness (QED) is 0.171. The number of rotatable bonds is 13. The molecule has 1 fully saturated rings. The molecule has 1 amide bonds. The molecule has 1 aliphatic heterocycles. The highest BCUT2D eigenvalue weighted by molar-refractivity contribution is 5.68. The number of hydrogen-bond acceptors (Lipinski definition) is 4. The number of ether oxygens (including phenoxy) is 1. The molecule has 230 valence electrons. The average molecular weight is 590 g/mol. The van der Waals surface area contributed by atoms with Gasteiger partial charge in [0.05, 0.1) is 0 Å². The Labute approximate surface area is 263 Å². The molecule has 1 unspecified atom stereocenters. The number of likely N-dealkylation sites (tertiary alicyclic amines) is 1. The van der Waals surface area contributed by atoms with Crippen molar-refractivity contribution in [3.05, 3.63) is 137 Å². The smallest absolute Gasteiger partial charge is 0.409 e. The zero-order valence-corrected chi connectivity index (χ0v) is 26.3. The van der Waals surface area contributed by atoms with Crippen molar-refractivity contribution in [3.8, 4) is 0 Å². The first kappa shape index (κ1) is 31.3. The monoisotopic (exact) mass is 589 g/mol. The van der Waals surface area contributed by atoms with E-state index in [1.165, 1.54) is 33.5 Å². The molecule has 0 aliphatic carbocycles. The third-order valence-electron chi connectivity index (χ3n) is 8.79. The van der Waals surface area contributed by atoms with E-state index in [-0.39, 0.29) is 12.1 Å². The number of piperidine rings is 1. The molecular formula is C39H47N3O2. The van der Waals surface area contributed by atoms with E-state index in [0.717, 1.165) is 45.2 Å². The Morgan fingerprint density at radius 3 is 1.75 bits per heavy atom. The van der Waals surface area contributed by atoms with Crippen LogP contribution in [0.3, 0.4) is 0 Å². The Morgan fingerprint density at radius 1 is 0.750 bits per heavy atom. The number of anilines is 1. The zero-order valence-electron chi connectivity index (χ0n) is 26.3. The summed E-state index contributed by atoms with van der Waals surface area (Å²) in [5.74, 6) is 0. The van der Waals surface area contributed by atoms with Crippen molar-refractivity contribution in [1.82, 2.24) is 9.80 Å². The molecule has 1 N–H and O–H groups in total. The van der Waals surface area contributed by atoms with E-state index >= 15 is 0 Å². The Morgan fingerprint density at radius 2 is 1.25 bits per heavy atom. The summed E-state index contributed by atoms with van der Waals surface area (Å²) in [6, 6.07) is 38.7. The number of benzene rings is 4. The number of carbonyl (C=O) groups is 1. The number of nitrogens with zero attached hydrogens (tertiary/aromatic N) is 2. The van der Waals surface area contributed by atoms with Gasteiger partial charge in [0.2, 0.25) is 0 Å². The van der Waals surface area contributed by atoms with E-state index in [4.69, 9.17) is 4.74 Å². The van der Waals surface area contributed by atoms with E-state index in [1.807, 2.05) is 11.0 Å². The summed E-state index contributed by atoms with van der Waals surface area (Å²) < 4.78 is 6.12. The first-order valence-corrected chi connectivity index (χ1v) is 16.3. The van der Waals surface area contributed by atoms with Crippen LogP contribution in [0.15, 0.2) is 109 Å². The standard InChI is InChI=1S/C39H47N3O2/c1-3-34-21-14-22-35(4-2)38(34)40-36-23-25-41(26-24-36)39(43)44-30-37(27-31-15-8-5-9-16-31)42(28-32-17-10-6-11-18-32)29-33-19-12-7-13-20-33/h5-22,36-37,40H,3-4,23-30H2,1-2H3. The van der Waals surface area contributed by atoms with Gasteiger partial charge in [-0.3, -0.25) is 4.90 Å². The molecule has 5 rings (SSSR count). The van der Waals surface area contributed by atoms with E-state index in [9.17, 15) is 4.79 Å². The zero-order chi connectivity index (χ0) is 30.6. The number of carbonyl (C=O) groups excluding carboxylic acids is 1. The molecule has 4 aromatic carbocycles. The molecule has 5 heteroatoms. The van der Waals surface area contributed by atoms with E-state index in [1.54, 1.807) is 0 Å². The Kier molecular flexibility index (Phi) is 11.5. The first-order chi connectivity index (χ1) is 21.6. The van der Waals surface area contributed by atoms with Gasteiger partial charge < -0.3 is 15.0 Å². The number of para-hydroxylation sites is 1. The van der Waals surface area contributed by atoms with Crippen molar-refractivity contribution >= 4 is 11.8 Å². The Balaban J connectivity index is 1.25. The van der Waals surface area contributed by atoms with Crippen LogP contribution in [-0.2, 0) is 37.1 Å². The summed E-state index contributed by atoms with van der Waals surface area (Å²) in [6.07, 6.45) is 4.45. The molecule has 0 spiro atoms. The lowest BCUT2D eigenvalue weighted by Gasteiger charge is -2.35. The minimum absolute atomic E-state index is 0.0268. The Hall–Kier alpha value is -4.09. The summed E-state index contributed by atoms with van der Waals surface area (Å²) in [4.78, 5) is 17.8. The van der Waals surface area contributed by atoms with Crippen molar-refractivity contribution in [2.45, 2.75) is 71.1 Å². The fourth-order valence-corrected chi connectivity index (χ4v) is 6.23. The van der Waals surface area contributed by atoms with Crippen molar-refractivity contribution in [1.29, 1.82) is 0 Å². The van der Waals surface area contributed by atoms with Crippen molar-refractivity contribution in [3.63, 3.8) is 0 Å². The summed E-state index contributed by atoms with van der Waals surface area (Å²) in [5, 5.41) is 3.83. The van der Waals surface area contributed by atoms with Crippen LogP contribution in [-0.4, -0.2) is 47.7 Å². The van der Waals surface area contributed by atoms with Gasteiger partial charge in [-0.25, -0.2) is 4.79 Å². The normalized spacial score (nSPS) is 14.4. The van der Waals surface area contributed by atoms with Crippen LogP contribution in [0, 0.1) is 0 Å². The fraction of sp³-hybridized carbons (Fsp3) is 0.359. The third-order valence-corrected chi connectivity index (χ3v) is 8.79. The topological polar surface area (TPSA) is 44.8 Å². The lowest BCUT2D eigenvalue weighted by atomic mass is 9.99. The summed E-state index contributed by atoms with van der Waals surface area (Å²) in [5.41, 5.74) is 7.76. The molecule has 1 saturated heterocycles. The highest BCUT2D eigenvalue weighted by Crippen LogP contribution is 2.26. The second-order valence-electron chi connectivity index (χ2n) is 11.9. The molecule has 44 heavy (non-hydrogen) atoms. The van der Waals surface area contributed by atoms with Crippen molar-refractivity contribution < 1.29 is 9.53 Å². The van der Waals surface area contributed by atoms with Gasteiger partial charge in [-0.15, -0.1) is 0 Å². The van der Waals surface area contributed by atoms with Gasteiger partial charge >= 0.3 is 6.09 Å². The molecule has 0 bridgehead atoms. The lowest BCUT2D eigenvalue weighted by Crippen LogP contribution is -2.45. The molecule has 1 heterocycles. The molecule has 0 aromatic heterocycles. The van der Waals surface area contributed by atoms with Crippen LogP contribution in [0.1, 0.15) is 54.5 Å². The van der Waals surface area contributed by atoms with Crippen LogP contribution in [0.5, 0.6) is 0 Å². The minimum Gasteiger partial charge on any atom is -0.448 e. The number of aryl methyl sites for hydroxylation is 2. The molecule has 0 radical (unpaired) electrons. The van der Waals surface area contributed by atoms with Crippen molar-refractivity contribution in [2.75, 3.05) is 25.0 Å². The van der Waals surface area contributed by atoms with Gasteiger partial charge in [0.15, 0.2) is 0 Å². The summed E-state index contributed by atoms with van der Waals surface area (Å²) in [6.45, 7) is 7.73. The van der Waals surface area contributed by atoms with Crippen LogP contribution in [0.2, 0.25) is 0 Å². The third kappa shape index (κ3) is 8.73. The van der Waals surface area contributed by atoms with Crippen LogP contribution in [0.4, 0.5) is 10.5 Å². The first-order valence-electron chi connectivity index (χ1n) is 16.3. The van der Waals surface area contributed by atoms with Crippen LogP contribution >= 0.6 is 0 Å². The van der Waals surface area contributed by atoms with Crippen molar-refractivity contribution in [2.24, 2.45) is 0 Å². The average Bonchev–Trinajstić information content (AvgIpc) is 3.08. The molecule has 5 nitrogen and oxygen atoms in total. The number of hydrogen-bond donors (Lipinski definition) is 1. The van der Waals surface area contributed by atoms with Crippen LogP contribution in [0.25, 0.3) is 0 Å². The maximum Gasteiger partial charge on any atom is 0.409 e. The van der Waals surface area contributed by atoms with E-state index in [0.29, 0.717) is 25.7 Å². The number of nitrogens with one attached hydrogen (secondary N) is 1. The second kappa shape index (κ2) is 16.1. The summed E-state index contributed by atoms with van der Waals surface area (Å²) >= 11 is 0. The van der Waals surface area contributed by atoms with Gasteiger partial charge in [-0.1, -0.05) is 123 Å². The van der Waals surface area contributed by atoms with Crippen LogP contribution < -0.4 is 5.32 Å². The number of amides is 1. The van der Waals surface area contributed by atoms with Gasteiger partial charge in [-0.2, -0.15) is 0 Å². The highest BCUT2D eigenvalue weighted by atomic mass is 16.6. The largest absolute Gasteiger partial charge is 0.448 e. The van der Waals surface area contributed by atoms with Gasteiger partial charge in [-0.05, 0) is 59.9 Å². The lowest BCUT2D eigenvalue weighted by molar-refractivity contribution is 0.0543. The maximum atomic E-state index is 13.4. The van der Waals surface area contributed by atoms with E-state index in [2.05, 4.69) is 127 Å². The van der Waals surface area contributed by atoms with Gasteiger partial charge in [0.1, 0.15) is 6.61 Å². The second-order valence-corrected chi connectivity index (χ2v) is 11.9. The predicted molar refractivity (Wildman–Crippen MR) is 181 cm³/mol. The molecule has 4 aromatic rings. The molecule has 1 atom stereocenters. The molecular weight excluding hydrogens is 542 g/mol. The summed E-state index contributed by atoms with van der Waals surface area (Å²) in [7, 11) is 0. The fourth-order valence-electron chi connectivity index (χ4n) is 6.23. The van der Waals surface area contributed by atoms with Gasteiger partial charge in [0, 0.05) is 44.0 Å². The predicted octanol–water partition coefficient (Wildman–Crippen LogP) is 8.14. The SMILES string of the molecule is CCc1cccc(CC)c1NC1CCN(C(=O)OCC(Cc2ccccc2)N(Cc2ccccc2)Cc2ccccc2)CC1. The Bertz CT molecular complexity index is 1360. The molecule has 0 saturated carbocycles. The van der Waals surface area contributed by atoms with E-state index < -0.39 is 0 Å². The maximum absolute atomic E-state index is 13.4. The highest BCUT2D eigenvalue weighted by Gasteiger charge is 2.27. The minimum atomic E-state index is -0.205.